The quantitative estimate of drug-likeness (QED) is 0.564. The maximum atomic E-state index is 10.8. The Morgan fingerprint density at radius 1 is 1.31 bits per heavy atom. The van der Waals surface area contributed by atoms with Gasteiger partial charge in [-0.25, -0.2) is 14.6 Å². The molecule has 88 valence electrons. The first kappa shape index (κ1) is 12.6. The summed E-state index contributed by atoms with van der Waals surface area (Å²) in [7, 11) is 1.37. The minimum atomic E-state index is -0.291. The van der Waals surface area contributed by atoms with Crippen molar-refractivity contribution >= 4 is 5.97 Å². The van der Waals surface area contributed by atoms with Gasteiger partial charge in [0, 0.05) is 0 Å². The maximum absolute atomic E-state index is 10.8. The summed E-state index contributed by atoms with van der Waals surface area (Å²) in [5.41, 5.74) is 5.87. The second-order valence-corrected chi connectivity index (χ2v) is 3.19. The zero-order valence-electron chi connectivity index (χ0n) is 9.09. The molecule has 1 aromatic carbocycles. The summed E-state index contributed by atoms with van der Waals surface area (Å²) in [4.78, 5) is 19.7. The number of ether oxygens (including phenoxy) is 1. The molecule has 0 radical (unpaired) electrons. The van der Waals surface area contributed by atoms with Gasteiger partial charge in [0.1, 0.15) is 0 Å². The van der Waals surface area contributed by atoms with Crippen molar-refractivity contribution in [3.05, 3.63) is 35.9 Å². The molecule has 1 fully saturated rings. The smallest absolute Gasteiger partial charge is 0.337 e. The van der Waals surface area contributed by atoms with Crippen LogP contribution in [0, 0.1) is 0 Å². The number of benzene rings is 1. The standard InChI is InChI=1S/C8H8O2.C3H7NO2/c1-10-8(9)7-5-3-2-4-6-7;4-3-1-5-6-2-3/h2-6H,1H3;3H,1-2,4H2. The van der Waals surface area contributed by atoms with Crippen molar-refractivity contribution in [1.29, 1.82) is 0 Å². The van der Waals surface area contributed by atoms with Gasteiger partial charge in [0.25, 0.3) is 0 Å². The number of nitrogens with two attached hydrogens (primary N) is 1. The van der Waals surface area contributed by atoms with Gasteiger partial charge in [-0.15, -0.1) is 0 Å². The van der Waals surface area contributed by atoms with E-state index in [0.717, 1.165) is 0 Å². The summed E-state index contributed by atoms with van der Waals surface area (Å²) in [6, 6.07) is 8.98. The first-order valence-electron chi connectivity index (χ1n) is 4.87. The molecule has 1 aliphatic heterocycles. The van der Waals surface area contributed by atoms with Gasteiger partial charge >= 0.3 is 5.97 Å². The molecule has 5 heteroatoms. The van der Waals surface area contributed by atoms with Crippen molar-refractivity contribution in [3.8, 4) is 0 Å². The van der Waals surface area contributed by atoms with E-state index in [1.54, 1.807) is 24.3 Å². The summed E-state index contributed by atoms with van der Waals surface area (Å²) < 4.78 is 4.50. The highest BCUT2D eigenvalue weighted by molar-refractivity contribution is 5.89. The minimum Gasteiger partial charge on any atom is -0.465 e. The van der Waals surface area contributed by atoms with E-state index in [4.69, 9.17) is 5.73 Å². The van der Waals surface area contributed by atoms with Crippen LogP contribution in [0.5, 0.6) is 0 Å². The van der Waals surface area contributed by atoms with Crippen LogP contribution in [0.2, 0.25) is 0 Å². The Morgan fingerprint density at radius 3 is 2.25 bits per heavy atom. The summed E-state index contributed by atoms with van der Waals surface area (Å²) in [5, 5.41) is 0. The monoisotopic (exact) mass is 225 g/mol. The molecule has 0 bridgehead atoms. The molecule has 2 rings (SSSR count). The molecule has 16 heavy (non-hydrogen) atoms. The molecule has 2 N–H and O–H groups in total. The van der Waals surface area contributed by atoms with Crippen LogP contribution in [0.3, 0.4) is 0 Å². The highest BCUT2D eigenvalue weighted by Crippen LogP contribution is 1.98. The van der Waals surface area contributed by atoms with E-state index in [0.29, 0.717) is 18.8 Å². The average Bonchev–Trinajstić information content (AvgIpc) is 2.81. The van der Waals surface area contributed by atoms with E-state index in [9.17, 15) is 4.79 Å². The zero-order chi connectivity index (χ0) is 11.8. The molecule has 0 unspecified atom stereocenters. The highest BCUT2D eigenvalue weighted by atomic mass is 17.2. The van der Waals surface area contributed by atoms with Gasteiger partial charge in [0.2, 0.25) is 0 Å². The molecular formula is C11H15NO4. The summed E-state index contributed by atoms with van der Waals surface area (Å²) in [6.45, 7) is 1.08. The van der Waals surface area contributed by atoms with Gasteiger partial charge in [-0.3, -0.25) is 0 Å². The van der Waals surface area contributed by atoms with E-state index < -0.39 is 0 Å². The molecular weight excluding hydrogens is 210 g/mol. The number of rotatable bonds is 1. The van der Waals surface area contributed by atoms with Crippen LogP contribution >= 0.6 is 0 Å². The number of carbonyl (C=O) groups is 1. The molecule has 0 saturated carbocycles. The SMILES string of the molecule is COC(=O)c1ccccc1.NC1COOC1. The van der Waals surface area contributed by atoms with Crippen LogP contribution < -0.4 is 5.73 Å². The third-order valence-corrected chi connectivity index (χ3v) is 1.84. The molecule has 0 aliphatic carbocycles. The first-order chi connectivity index (χ1) is 7.74. The molecule has 1 saturated heterocycles. The Kier molecular flexibility index (Phi) is 5.49. The minimum absolute atomic E-state index is 0.102. The first-order valence-corrected chi connectivity index (χ1v) is 4.87. The molecule has 0 spiro atoms. The van der Waals surface area contributed by atoms with Crippen molar-refractivity contribution in [2.45, 2.75) is 6.04 Å². The van der Waals surface area contributed by atoms with Crippen molar-refractivity contribution in [1.82, 2.24) is 0 Å². The fourth-order valence-corrected chi connectivity index (χ4v) is 1.01. The Hall–Kier alpha value is -1.43. The van der Waals surface area contributed by atoms with Gasteiger partial charge in [-0.2, -0.15) is 0 Å². The van der Waals surface area contributed by atoms with E-state index in [-0.39, 0.29) is 12.0 Å². The molecule has 0 amide bonds. The number of methoxy groups -OCH3 is 1. The Labute approximate surface area is 94.0 Å². The van der Waals surface area contributed by atoms with Gasteiger partial charge in [-0.05, 0) is 12.1 Å². The van der Waals surface area contributed by atoms with Crippen molar-refractivity contribution in [2.24, 2.45) is 5.73 Å². The molecule has 1 aromatic rings. The number of hydrogen-bond acceptors (Lipinski definition) is 5. The lowest BCUT2D eigenvalue weighted by molar-refractivity contribution is -0.248. The highest BCUT2D eigenvalue weighted by Gasteiger charge is 2.09. The summed E-state index contributed by atoms with van der Waals surface area (Å²) >= 11 is 0. The van der Waals surface area contributed by atoms with Crippen molar-refractivity contribution < 1.29 is 19.3 Å². The van der Waals surface area contributed by atoms with Crippen LogP contribution in [-0.4, -0.2) is 32.3 Å². The summed E-state index contributed by atoms with van der Waals surface area (Å²) in [6.07, 6.45) is 0. The molecule has 1 heterocycles. The van der Waals surface area contributed by atoms with E-state index in [2.05, 4.69) is 14.5 Å². The Balaban J connectivity index is 0.000000181. The fourth-order valence-electron chi connectivity index (χ4n) is 1.01. The number of carbonyl (C=O) groups excluding carboxylic acids is 1. The van der Waals surface area contributed by atoms with Crippen LogP contribution in [-0.2, 0) is 14.5 Å². The van der Waals surface area contributed by atoms with Crippen molar-refractivity contribution in [2.75, 3.05) is 20.3 Å². The topological polar surface area (TPSA) is 70.8 Å². The largest absolute Gasteiger partial charge is 0.465 e. The predicted octanol–water partition coefficient (Wildman–Crippen LogP) is 0.749. The Morgan fingerprint density at radius 2 is 1.88 bits per heavy atom. The fraction of sp³-hybridized carbons (Fsp3) is 0.364. The third kappa shape index (κ3) is 4.39. The molecule has 0 atom stereocenters. The third-order valence-electron chi connectivity index (χ3n) is 1.84. The maximum Gasteiger partial charge on any atom is 0.337 e. The predicted molar refractivity (Wildman–Crippen MR) is 57.7 cm³/mol. The van der Waals surface area contributed by atoms with Gasteiger partial charge in [-0.1, -0.05) is 18.2 Å². The number of esters is 1. The van der Waals surface area contributed by atoms with Gasteiger partial charge in [0.15, 0.2) is 0 Å². The molecule has 1 aliphatic rings. The van der Waals surface area contributed by atoms with Crippen molar-refractivity contribution in [3.63, 3.8) is 0 Å². The van der Waals surface area contributed by atoms with Gasteiger partial charge in [0.05, 0.1) is 31.9 Å². The van der Waals surface area contributed by atoms with E-state index in [1.807, 2.05) is 6.07 Å². The lowest BCUT2D eigenvalue weighted by Gasteiger charge is -1.95. The lowest BCUT2D eigenvalue weighted by atomic mass is 10.2. The average molecular weight is 225 g/mol. The summed E-state index contributed by atoms with van der Waals surface area (Å²) in [5.74, 6) is -0.291. The number of hydrogen-bond donors (Lipinski definition) is 1. The molecule has 5 nitrogen and oxygen atoms in total. The zero-order valence-corrected chi connectivity index (χ0v) is 9.09. The van der Waals surface area contributed by atoms with Crippen LogP contribution in [0.15, 0.2) is 30.3 Å². The Bertz CT molecular complexity index is 309. The van der Waals surface area contributed by atoms with Crippen LogP contribution in [0.4, 0.5) is 0 Å². The molecule has 0 aromatic heterocycles. The van der Waals surface area contributed by atoms with Crippen LogP contribution in [0.1, 0.15) is 10.4 Å². The van der Waals surface area contributed by atoms with E-state index >= 15 is 0 Å². The lowest BCUT2D eigenvalue weighted by Crippen LogP contribution is -2.22. The normalized spacial score (nSPS) is 15.1. The van der Waals surface area contributed by atoms with Crippen LogP contribution in [0.25, 0.3) is 0 Å². The second kappa shape index (κ2) is 6.95. The second-order valence-electron chi connectivity index (χ2n) is 3.19. The van der Waals surface area contributed by atoms with Gasteiger partial charge < -0.3 is 10.5 Å². The van der Waals surface area contributed by atoms with E-state index in [1.165, 1.54) is 7.11 Å².